The largest absolute Gasteiger partial charge is 0.396 e. The van der Waals surface area contributed by atoms with Crippen molar-refractivity contribution in [3.63, 3.8) is 0 Å². The van der Waals surface area contributed by atoms with Crippen LogP contribution in [0.4, 0.5) is 0 Å². The van der Waals surface area contributed by atoms with Gasteiger partial charge in [0, 0.05) is 6.61 Å². The van der Waals surface area contributed by atoms with Gasteiger partial charge in [-0.1, -0.05) is 79.6 Å². The molecule has 23 heavy (non-hydrogen) atoms. The first-order valence-electron chi connectivity index (χ1n) is 10.0. The van der Waals surface area contributed by atoms with Gasteiger partial charge in [-0.25, -0.2) is 0 Å². The van der Waals surface area contributed by atoms with Crippen molar-refractivity contribution in [2.24, 2.45) is 10.8 Å². The van der Waals surface area contributed by atoms with Crippen LogP contribution >= 0.6 is 0 Å². The molecule has 2 heteroatoms. The highest BCUT2D eigenvalue weighted by molar-refractivity contribution is 4.68. The van der Waals surface area contributed by atoms with E-state index in [1.54, 1.807) is 0 Å². The van der Waals surface area contributed by atoms with E-state index in [2.05, 4.69) is 34.6 Å². The molecule has 0 saturated heterocycles. The van der Waals surface area contributed by atoms with Gasteiger partial charge in [-0.3, -0.25) is 0 Å². The van der Waals surface area contributed by atoms with Crippen LogP contribution in [0.2, 0.25) is 0 Å². The van der Waals surface area contributed by atoms with Crippen molar-refractivity contribution in [3.8, 4) is 0 Å². The van der Waals surface area contributed by atoms with Gasteiger partial charge < -0.3 is 10.2 Å². The molecule has 0 aliphatic heterocycles. The number of aliphatic hydroxyl groups is 2. The van der Waals surface area contributed by atoms with Gasteiger partial charge in [0.1, 0.15) is 0 Å². The number of aliphatic hydroxyl groups excluding tert-OH is 2. The first-order valence-corrected chi connectivity index (χ1v) is 10.0. The molecule has 0 heterocycles. The molecule has 2 nitrogen and oxygen atoms in total. The van der Waals surface area contributed by atoms with Gasteiger partial charge >= 0.3 is 0 Å². The average Bonchev–Trinajstić information content (AvgIpc) is 2.46. The van der Waals surface area contributed by atoms with Crippen molar-refractivity contribution in [2.45, 2.75) is 118 Å². The van der Waals surface area contributed by atoms with E-state index in [0.717, 1.165) is 25.7 Å². The van der Waals surface area contributed by atoms with E-state index in [9.17, 15) is 5.11 Å². The Morgan fingerprint density at radius 3 is 1.61 bits per heavy atom. The number of hydrogen-bond donors (Lipinski definition) is 2. The van der Waals surface area contributed by atoms with Gasteiger partial charge in [-0.15, -0.1) is 0 Å². The molecule has 1 unspecified atom stereocenters. The summed E-state index contributed by atoms with van der Waals surface area (Å²) in [5.74, 6) is 0. The maximum absolute atomic E-state index is 10.1. The fraction of sp³-hybridized carbons (Fsp3) is 1.00. The molecule has 0 radical (unpaired) electrons. The fourth-order valence-electron chi connectivity index (χ4n) is 3.07. The molecule has 0 amide bonds. The summed E-state index contributed by atoms with van der Waals surface area (Å²) in [6, 6.07) is 0. The average molecular weight is 329 g/mol. The smallest absolute Gasteiger partial charge is 0.0540 e. The maximum atomic E-state index is 10.1. The molecule has 0 bridgehead atoms. The van der Waals surface area contributed by atoms with E-state index in [4.69, 9.17) is 5.11 Å². The standard InChI is InChI=1S/C21H44O2/c1-6-20(2,3)15-11-7-9-13-19(23)14-10-8-12-16-21(4,5)17-18-22/h19,22-23H,6-18H2,1-5H3. The quantitative estimate of drug-likeness (QED) is 0.357. The lowest BCUT2D eigenvalue weighted by molar-refractivity contribution is 0.145. The molecule has 0 fully saturated rings. The molecule has 0 aromatic carbocycles. The van der Waals surface area contributed by atoms with Crippen LogP contribution in [0.15, 0.2) is 0 Å². The summed E-state index contributed by atoms with van der Waals surface area (Å²) in [7, 11) is 0. The van der Waals surface area contributed by atoms with Gasteiger partial charge in [0.15, 0.2) is 0 Å². The van der Waals surface area contributed by atoms with Gasteiger partial charge in [0.25, 0.3) is 0 Å². The van der Waals surface area contributed by atoms with E-state index < -0.39 is 0 Å². The number of unbranched alkanes of at least 4 members (excludes halogenated alkanes) is 4. The lowest BCUT2D eigenvalue weighted by Gasteiger charge is -2.23. The van der Waals surface area contributed by atoms with Crippen molar-refractivity contribution in [2.75, 3.05) is 6.61 Å². The van der Waals surface area contributed by atoms with E-state index in [-0.39, 0.29) is 11.5 Å². The van der Waals surface area contributed by atoms with E-state index in [1.807, 2.05) is 0 Å². The molecular formula is C21H44O2. The van der Waals surface area contributed by atoms with Crippen LogP contribution in [0.3, 0.4) is 0 Å². The number of rotatable bonds is 15. The third-order valence-electron chi connectivity index (χ3n) is 5.53. The summed E-state index contributed by atoms with van der Waals surface area (Å²) < 4.78 is 0. The van der Waals surface area contributed by atoms with Crippen LogP contribution in [-0.2, 0) is 0 Å². The van der Waals surface area contributed by atoms with Crippen molar-refractivity contribution >= 4 is 0 Å². The predicted molar refractivity (Wildman–Crippen MR) is 102 cm³/mol. The van der Waals surface area contributed by atoms with Gasteiger partial charge in [0.05, 0.1) is 6.10 Å². The molecule has 0 saturated carbocycles. The summed E-state index contributed by atoms with van der Waals surface area (Å²) in [4.78, 5) is 0. The Hall–Kier alpha value is -0.0800. The minimum absolute atomic E-state index is 0.0976. The van der Waals surface area contributed by atoms with E-state index in [0.29, 0.717) is 12.0 Å². The van der Waals surface area contributed by atoms with Crippen molar-refractivity contribution < 1.29 is 10.2 Å². The third-order valence-corrected chi connectivity index (χ3v) is 5.53. The normalized spacial score (nSPS) is 14.2. The van der Waals surface area contributed by atoms with E-state index in [1.165, 1.54) is 51.4 Å². The van der Waals surface area contributed by atoms with Crippen LogP contribution in [0.5, 0.6) is 0 Å². The second-order valence-electron chi connectivity index (χ2n) is 9.01. The van der Waals surface area contributed by atoms with Gasteiger partial charge in [-0.2, -0.15) is 0 Å². The van der Waals surface area contributed by atoms with Crippen LogP contribution in [0.1, 0.15) is 112 Å². The fourth-order valence-corrected chi connectivity index (χ4v) is 3.07. The first kappa shape index (κ1) is 22.9. The minimum Gasteiger partial charge on any atom is -0.396 e. The van der Waals surface area contributed by atoms with Crippen molar-refractivity contribution in [1.29, 1.82) is 0 Å². The molecule has 0 rings (SSSR count). The molecule has 140 valence electrons. The van der Waals surface area contributed by atoms with Crippen LogP contribution < -0.4 is 0 Å². The highest BCUT2D eigenvalue weighted by Crippen LogP contribution is 2.28. The Labute approximate surface area is 146 Å². The first-order chi connectivity index (χ1) is 10.7. The van der Waals surface area contributed by atoms with Crippen LogP contribution in [0.25, 0.3) is 0 Å². The summed E-state index contributed by atoms with van der Waals surface area (Å²) >= 11 is 0. The Morgan fingerprint density at radius 2 is 1.17 bits per heavy atom. The number of hydrogen-bond acceptors (Lipinski definition) is 2. The second-order valence-corrected chi connectivity index (χ2v) is 9.01. The molecule has 0 aliphatic rings. The van der Waals surface area contributed by atoms with Crippen molar-refractivity contribution in [1.82, 2.24) is 0 Å². The lowest BCUT2D eigenvalue weighted by Crippen LogP contribution is -2.13. The summed E-state index contributed by atoms with van der Waals surface area (Å²) in [6.45, 7) is 11.7. The van der Waals surface area contributed by atoms with Gasteiger partial charge in [0.2, 0.25) is 0 Å². The Balaban J connectivity index is 3.49. The minimum atomic E-state index is -0.0976. The zero-order chi connectivity index (χ0) is 17.8. The highest BCUT2D eigenvalue weighted by Gasteiger charge is 2.16. The molecule has 0 aromatic heterocycles. The Morgan fingerprint density at radius 1 is 0.696 bits per heavy atom. The van der Waals surface area contributed by atoms with Crippen LogP contribution in [0, 0.1) is 10.8 Å². The molecule has 2 N–H and O–H groups in total. The summed E-state index contributed by atoms with van der Waals surface area (Å²) in [6.07, 6.45) is 13.8. The van der Waals surface area contributed by atoms with Crippen LogP contribution in [-0.4, -0.2) is 22.9 Å². The lowest BCUT2D eigenvalue weighted by atomic mass is 9.84. The zero-order valence-electron chi connectivity index (χ0n) is 16.7. The topological polar surface area (TPSA) is 40.5 Å². The molecule has 1 atom stereocenters. The zero-order valence-corrected chi connectivity index (χ0v) is 16.7. The van der Waals surface area contributed by atoms with E-state index >= 15 is 0 Å². The molecule has 0 spiro atoms. The summed E-state index contributed by atoms with van der Waals surface area (Å²) in [5.41, 5.74) is 0.752. The second kappa shape index (κ2) is 12.3. The summed E-state index contributed by atoms with van der Waals surface area (Å²) in [5, 5.41) is 19.1. The Kier molecular flexibility index (Phi) is 12.3. The molecule has 0 aromatic rings. The third kappa shape index (κ3) is 14.0. The molecular weight excluding hydrogens is 284 g/mol. The SMILES string of the molecule is CCC(C)(C)CCCCCC(O)CCCCCC(C)(C)CCO. The van der Waals surface area contributed by atoms with Crippen molar-refractivity contribution in [3.05, 3.63) is 0 Å². The van der Waals surface area contributed by atoms with Gasteiger partial charge in [-0.05, 0) is 42.9 Å². The predicted octanol–water partition coefficient (Wildman–Crippen LogP) is 6.09. The highest BCUT2D eigenvalue weighted by atomic mass is 16.3. The molecule has 0 aliphatic carbocycles. The Bertz CT molecular complexity index is 271. The maximum Gasteiger partial charge on any atom is 0.0540 e. The monoisotopic (exact) mass is 328 g/mol.